The maximum absolute atomic E-state index is 6.18. The molecule has 0 bridgehead atoms. The molecule has 0 saturated carbocycles. The molecule has 0 radical (unpaired) electrons. The molecule has 0 saturated heterocycles. The molecule has 39 heavy (non-hydrogen) atoms. The fourth-order valence-electron chi connectivity index (χ4n) is 4.94. The van der Waals surface area contributed by atoms with Crippen LogP contribution < -0.4 is 14.4 Å². The summed E-state index contributed by atoms with van der Waals surface area (Å²) in [6.45, 7) is 11.0. The van der Waals surface area contributed by atoms with Gasteiger partial charge in [-0.1, -0.05) is 64.5 Å². The molecule has 0 amide bonds. The Bertz CT molecular complexity index is 1220. The topological polar surface area (TPSA) is 50.7 Å². The first kappa shape index (κ1) is 28.5. The number of likely N-dealkylation sites (N-methyl/N-ethyl adjacent to an activating group) is 1. The summed E-state index contributed by atoms with van der Waals surface area (Å²) in [6, 6.07) is 18.9. The summed E-state index contributed by atoms with van der Waals surface area (Å²) in [5.41, 5.74) is 4.51. The van der Waals surface area contributed by atoms with Crippen LogP contribution in [0.5, 0.6) is 11.5 Å². The van der Waals surface area contributed by atoms with E-state index in [-0.39, 0.29) is 11.5 Å². The Morgan fingerprint density at radius 2 is 1.62 bits per heavy atom. The van der Waals surface area contributed by atoms with Crippen LogP contribution in [-0.4, -0.2) is 48.2 Å². The van der Waals surface area contributed by atoms with Gasteiger partial charge < -0.3 is 19.3 Å². The second-order valence-corrected chi connectivity index (χ2v) is 11.0. The summed E-state index contributed by atoms with van der Waals surface area (Å²) >= 11 is 0. The number of ether oxygens (including phenoxy) is 2. The van der Waals surface area contributed by atoms with E-state index in [2.05, 4.69) is 99.0 Å². The van der Waals surface area contributed by atoms with Crippen molar-refractivity contribution in [1.82, 2.24) is 14.9 Å². The standard InChI is InChI=1S/C33H44N4O2/c1-7-10-29(8-2)39-31-18-14-26(15-19-31)33(3,4)25-12-16-30(17-13-25)38-24-27-20-21-34-32(35-27)37-22-9-11-28(23-37)36(5)6/h11-21,29H,7-10,22-24H2,1-6H3/t29-/m0/s1. The monoisotopic (exact) mass is 528 g/mol. The average Bonchev–Trinajstić information content (AvgIpc) is 2.96. The number of nitrogens with zero attached hydrogens (tertiary/aromatic N) is 4. The number of benzene rings is 2. The minimum absolute atomic E-state index is 0.138. The Kier molecular flexibility index (Phi) is 9.50. The number of hydrogen-bond donors (Lipinski definition) is 0. The van der Waals surface area contributed by atoms with Gasteiger partial charge in [-0.05, 0) is 60.7 Å². The van der Waals surface area contributed by atoms with E-state index in [1.54, 1.807) is 0 Å². The maximum atomic E-state index is 6.18. The highest BCUT2D eigenvalue weighted by molar-refractivity contribution is 5.42. The third-order valence-corrected chi connectivity index (χ3v) is 7.60. The lowest BCUT2D eigenvalue weighted by molar-refractivity contribution is 0.185. The van der Waals surface area contributed by atoms with Crippen molar-refractivity contribution in [2.45, 2.75) is 71.5 Å². The molecule has 0 N–H and O–H groups in total. The molecule has 1 aliphatic heterocycles. The Morgan fingerprint density at radius 1 is 0.949 bits per heavy atom. The summed E-state index contributed by atoms with van der Waals surface area (Å²) < 4.78 is 12.3. The molecule has 2 heterocycles. The second kappa shape index (κ2) is 13.0. The van der Waals surface area contributed by atoms with E-state index in [0.717, 1.165) is 61.9 Å². The zero-order valence-electron chi connectivity index (χ0n) is 24.5. The van der Waals surface area contributed by atoms with Crippen LogP contribution in [0.15, 0.2) is 72.6 Å². The van der Waals surface area contributed by atoms with Crippen LogP contribution in [0.3, 0.4) is 0 Å². The third-order valence-electron chi connectivity index (χ3n) is 7.60. The van der Waals surface area contributed by atoms with Crippen LogP contribution in [0, 0.1) is 0 Å². The van der Waals surface area contributed by atoms with E-state index in [1.807, 2.05) is 24.4 Å². The lowest BCUT2D eigenvalue weighted by Gasteiger charge is -2.30. The lowest BCUT2D eigenvalue weighted by Crippen LogP contribution is -2.35. The highest BCUT2D eigenvalue weighted by Gasteiger charge is 2.23. The Hall–Kier alpha value is -3.54. The van der Waals surface area contributed by atoms with Crippen LogP contribution in [0.2, 0.25) is 0 Å². The van der Waals surface area contributed by atoms with Crippen molar-refractivity contribution in [3.05, 3.63) is 89.4 Å². The van der Waals surface area contributed by atoms with Gasteiger partial charge in [-0.2, -0.15) is 0 Å². The summed E-state index contributed by atoms with van der Waals surface area (Å²) in [6.07, 6.45) is 8.64. The number of rotatable bonds is 12. The first-order valence-corrected chi connectivity index (χ1v) is 14.2. The molecule has 1 aromatic heterocycles. The Morgan fingerprint density at radius 3 is 2.23 bits per heavy atom. The molecule has 6 heteroatoms. The minimum Gasteiger partial charge on any atom is -0.490 e. The molecular weight excluding hydrogens is 484 g/mol. The largest absolute Gasteiger partial charge is 0.490 e. The van der Waals surface area contributed by atoms with Gasteiger partial charge in [0.15, 0.2) is 0 Å². The zero-order valence-corrected chi connectivity index (χ0v) is 24.5. The predicted octanol–water partition coefficient (Wildman–Crippen LogP) is 6.99. The smallest absolute Gasteiger partial charge is 0.226 e. The van der Waals surface area contributed by atoms with Crippen LogP contribution >= 0.6 is 0 Å². The number of aromatic nitrogens is 2. The van der Waals surface area contributed by atoms with Gasteiger partial charge in [0, 0.05) is 37.9 Å². The molecular formula is C33H44N4O2. The van der Waals surface area contributed by atoms with Gasteiger partial charge in [0.05, 0.1) is 18.3 Å². The van der Waals surface area contributed by atoms with Gasteiger partial charge in [0.2, 0.25) is 5.95 Å². The van der Waals surface area contributed by atoms with Crippen molar-refractivity contribution >= 4 is 5.95 Å². The average molecular weight is 529 g/mol. The predicted molar refractivity (Wildman–Crippen MR) is 160 cm³/mol. The van der Waals surface area contributed by atoms with E-state index in [4.69, 9.17) is 14.5 Å². The van der Waals surface area contributed by atoms with E-state index in [1.165, 1.54) is 16.8 Å². The van der Waals surface area contributed by atoms with E-state index >= 15 is 0 Å². The molecule has 0 spiro atoms. The van der Waals surface area contributed by atoms with E-state index in [9.17, 15) is 0 Å². The third kappa shape index (κ3) is 7.31. The van der Waals surface area contributed by atoms with Crippen molar-refractivity contribution in [2.75, 3.05) is 32.1 Å². The van der Waals surface area contributed by atoms with Crippen LogP contribution in [0.25, 0.3) is 0 Å². The number of hydrogen-bond acceptors (Lipinski definition) is 6. The van der Waals surface area contributed by atoms with Gasteiger partial charge in [0.25, 0.3) is 0 Å². The zero-order chi connectivity index (χ0) is 27.8. The lowest BCUT2D eigenvalue weighted by atomic mass is 9.78. The number of anilines is 1. The molecule has 1 atom stereocenters. The molecule has 208 valence electrons. The van der Waals surface area contributed by atoms with Crippen molar-refractivity contribution in [3.63, 3.8) is 0 Å². The molecule has 1 aliphatic rings. The van der Waals surface area contributed by atoms with Gasteiger partial charge in [-0.3, -0.25) is 0 Å². The molecule has 3 aromatic rings. The van der Waals surface area contributed by atoms with E-state index in [0.29, 0.717) is 6.61 Å². The van der Waals surface area contributed by atoms with Crippen LogP contribution in [0.4, 0.5) is 5.95 Å². The summed E-state index contributed by atoms with van der Waals surface area (Å²) in [4.78, 5) is 13.7. The molecule has 0 fully saturated rings. The summed E-state index contributed by atoms with van der Waals surface area (Å²) in [5, 5.41) is 0. The van der Waals surface area contributed by atoms with Crippen LogP contribution in [0.1, 0.15) is 70.2 Å². The highest BCUT2D eigenvalue weighted by Crippen LogP contribution is 2.33. The van der Waals surface area contributed by atoms with Crippen LogP contribution in [-0.2, 0) is 12.0 Å². The van der Waals surface area contributed by atoms with Crippen molar-refractivity contribution in [2.24, 2.45) is 0 Å². The van der Waals surface area contributed by atoms with Gasteiger partial charge in [0.1, 0.15) is 18.1 Å². The van der Waals surface area contributed by atoms with Crippen molar-refractivity contribution in [3.8, 4) is 11.5 Å². The van der Waals surface area contributed by atoms with Gasteiger partial charge >= 0.3 is 0 Å². The fourth-order valence-corrected chi connectivity index (χ4v) is 4.94. The molecule has 0 unspecified atom stereocenters. The summed E-state index contributed by atoms with van der Waals surface area (Å²) in [7, 11) is 4.16. The first-order chi connectivity index (χ1) is 18.8. The normalized spacial score (nSPS) is 14.5. The molecule has 2 aromatic carbocycles. The summed E-state index contributed by atoms with van der Waals surface area (Å²) in [5.74, 6) is 2.53. The molecule has 4 rings (SSSR count). The molecule has 6 nitrogen and oxygen atoms in total. The SMILES string of the molecule is CCC[C@H](CC)Oc1ccc(C(C)(C)c2ccc(OCc3ccnc(N4CCC=C(N(C)C)C4)n3)cc2)cc1. The quantitative estimate of drug-likeness (QED) is 0.252. The minimum atomic E-state index is -0.138. The second-order valence-electron chi connectivity index (χ2n) is 11.0. The van der Waals surface area contributed by atoms with E-state index < -0.39 is 0 Å². The van der Waals surface area contributed by atoms with Crippen molar-refractivity contribution in [1.29, 1.82) is 0 Å². The maximum Gasteiger partial charge on any atom is 0.226 e. The molecule has 0 aliphatic carbocycles. The fraction of sp³-hybridized carbons (Fsp3) is 0.455. The van der Waals surface area contributed by atoms with Crippen molar-refractivity contribution < 1.29 is 9.47 Å². The Labute approximate surface area is 234 Å². The van der Waals surface area contributed by atoms with Gasteiger partial charge in [-0.15, -0.1) is 0 Å². The Balaban J connectivity index is 1.36. The van der Waals surface area contributed by atoms with Gasteiger partial charge in [-0.25, -0.2) is 9.97 Å². The first-order valence-electron chi connectivity index (χ1n) is 14.2. The highest BCUT2D eigenvalue weighted by atomic mass is 16.5.